The van der Waals surface area contributed by atoms with Crippen LogP contribution in [0.5, 0.6) is 0 Å². The van der Waals surface area contributed by atoms with E-state index in [9.17, 15) is 4.79 Å². The van der Waals surface area contributed by atoms with Crippen LogP contribution in [0.2, 0.25) is 0 Å². The number of thiophene rings is 1. The minimum atomic E-state index is -0.937. The molecule has 0 atom stereocenters. The quantitative estimate of drug-likeness (QED) is 0.772. The van der Waals surface area contributed by atoms with Gasteiger partial charge in [0.2, 0.25) is 0 Å². The zero-order valence-corrected chi connectivity index (χ0v) is 12.5. The van der Waals surface area contributed by atoms with E-state index in [1.165, 1.54) is 16.9 Å². The van der Waals surface area contributed by atoms with Crippen LogP contribution < -0.4 is 5.32 Å². The molecular weight excluding hydrogens is 298 g/mol. The fourth-order valence-electron chi connectivity index (χ4n) is 2.89. The van der Waals surface area contributed by atoms with Crippen molar-refractivity contribution >= 4 is 39.0 Å². The van der Waals surface area contributed by atoms with Crippen molar-refractivity contribution in [3.8, 4) is 0 Å². The molecule has 2 aromatic heterocycles. The van der Waals surface area contributed by atoms with Gasteiger partial charge in [-0.25, -0.2) is 14.8 Å². The second-order valence-electron chi connectivity index (χ2n) is 5.27. The van der Waals surface area contributed by atoms with Crippen LogP contribution in [0.15, 0.2) is 30.6 Å². The maximum atomic E-state index is 11.1. The highest BCUT2D eigenvalue weighted by Gasteiger charge is 2.21. The van der Waals surface area contributed by atoms with Crippen LogP contribution >= 0.6 is 11.3 Å². The number of aryl methyl sites for hydroxylation is 2. The summed E-state index contributed by atoms with van der Waals surface area (Å²) in [7, 11) is 0. The first-order valence-corrected chi connectivity index (χ1v) is 7.89. The van der Waals surface area contributed by atoms with Crippen molar-refractivity contribution in [2.45, 2.75) is 19.3 Å². The van der Waals surface area contributed by atoms with Gasteiger partial charge >= 0.3 is 5.97 Å². The molecule has 4 rings (SSSR count). The lowest BCUT2D eigenvalue weighted by atomic mass is 10.1. The van der Waals surface area contributed by atoms with E-state index in [0.29, 0.717) is 0 Å². The number of hydrogen-bond donors (Lipinski definition) is 2. The van der Waals surface area contributed by atoms with Gasteiger partial charge in [-0.3, -0.25) is 0 Å². The molecule has 0 aliphatic heterocycles. The average molecular weight is 311 g/mol. The zero-order chi connectivity index (χ0) is 15.1. The molecule has 0 bridgehead atoms. The van der Waals surface area contributed by atoms with E-state index in [4.69, 9.17) is 5.11 Å². The van der Waals surface area contributed by atoms with Crippen molar-refractivity contribution in [2.75, 3.05) is 5.32 Å². The van der Waals surface area contributed by atoms with Crippen molar-refractivity contribution in [2.24, 2.45) is 0 Å². The van der Waals surface area contributed by atoms with Crippen LogP contribution in [-0.2, 0) is 12.8 Å². The van der Waals surface area contributed by atoms with Crippen molar-refractivity contribution in [1.29, 1.82) is 0 Å². The molecule has 0 amide bonds. The number of nitrogens with one attached hydrogen (secondary N) is 1. The summed E-state index contributed by atoms with van der Waals surface area (Å²) in [5.74, 6) is -0.181. The summed E-state index contributed by atoms with van der Waals surface area (Å²) in [5.41, 5.74) is 2.32. The Morgan fingerprint density at radius 3 is 3.05 bits per heavy atom. The summed E-state index contributed by atoms with van der Waals surface area (Å²) in [5, 5.41) is 13.4. The smallest absolute Gasteiger partial charge is 0.335 e. The molecule has 0 fully saturated rings. The monoisotopic (exact) mass is 311 g/mol. The van der Waals surface area contributed by atoms with E-state index in [1.807, 2.05) is 6.07 Å². The Morgan fingerprint density at radius 1 is 1.27 bits per heavy atom. The molecule has 1 aromatic carbocycles. The van der Waals surface area contributed by atoms with Gasteiger partial charge in [-0.05, 0) is 43.0 Å². The number of aromatic carboxylic acids is 1. The van der Waals surface area contributed by atoms with Gasteiger partial charge in [0.05, 0.1) is 10.9 Å². The van der Waals surface area contributed by atoms with Gasteiger partial charge in [0.15, 0.2) is 0 Å². The molecule has 2 heterocycles. The largest absolute Gasteiger partial charge is 0.478 e. The Labute approximate surface area is 130 Å². The molecule has 0 spiro atoms. The first-order valence-electron chi connectivity index (χ1n) is 7.08. The maximum absolute atomic E-state index is 11.1. The SMILES string of the molecule is O=C(O)c1cccc(Nc2ncnc3sc4c(c23)CCC4)c1. The standard InChI is InChI=1S/C16H13N3O2S/c20-16(21)9-3-1-4-10(7-9)19-14-13-11-5-2-6-12(11)22-15(13)18-8-17-14/h1,3-4,7-8H,2,5-6H2,(H,20,21)(H,17,18,19). The summed E-state index contributed by atoms with van der Waals surface area (Å²) >= 11 is 1.73. The number of carboxylic acids is 1. The molecule has 1 aliphatic carbocycles. The third kappa shape index (κ3) is 2.12. The van der Waals surface area contributed by atoms with Crippen LogP contribution in [0.3, 0.4) is 0 Å². The van der Waals surface area contributed by atoms with Crippen LogP contribution in [0, 0.1) is 0 Å². The van der Waals surface area contributed by atoms with E-state index in [1.54, 1.807) is 35.9 Å². The highest BCUT2D eigenvalue weighted by Crippen LogP contribution is 2.39. The van der Waals surface area contributed by atoms with Gasteiger partial charge < -0.3 is 10.4 Å². The molecule has 1 aliphatic rings. The predicted molar refractivity (Wildman–Crippen MR) is 86.1 cm³/mol. The molecule has 0 radical (unpaired) electrons. The molecule has 5 nitrogen and oxygen atoms in total. The minimum absolute atomic E-state index is 0.255. The number of aromatic nitrogens is 2. The maximum Gasteiger partial charge on any atom is 0.335 e. The Morgan fingerprint density at radius 2 is 2.18 bits per heavy atom. The highest BCUT2D eigenvalue weighted by atomic mass is 32.1. The van der Waals surface area contributed by atoms with Gasteiger partial charge in [-0.2, -0.15) is 0 Å². The predicted octanol–water partition coefficient (Wildman–Crippen LogP) is 3.62. The molecule has 0 saturated carbocycles. The molecular formula is C16H13N3O2S. The lowest BCUT2D eigenvalue weighted by Gasteiger charge is -2.08. The summed E-state index contributed by atoms with van der Waals surface area (Å²) in [6, 6.07) is 6.75. The Hall–Kier alpha value is -2.47. The fourth-order valence-corrected chi connectivity index (χ4v) is 4.12. The van der Waals surface area contributed by atoms with Gasteiger partial charge in [0, 0.05) is 10.6 Å². The number of rotatable bonds is 3. The number of anilines is 2. The van der Waals surface area contributed by atoms with Gasteiger partial charge in [-0.1, -0.05) is 6.07 Å². The van der Waals surface area contributed by atoms with E-state index in [2.05, 4.69) is 15.3 Å². The molecule has 6 heteroatoms. The second-order valence-corrected chi connectivity index (χ2v) is 6.35. The number of fused-ring (bicyclic) bond motifs is 3. The third-order valence-electron chi connectivity index (χ3n) is 3.87. The van der Waals surface area contributed by atoms with E-state index < -0.39 is 5.97 Å². The van der Waals surface area contributed by atoms with Crippen LogP contribution in [0.4, 0.5) is 11.5 Å². The summed E-state index contributed by atoms with van der Waals surface area (Å²) in [6.45, 7) is 0. The normalized spacial score (nSPS) is 13.3. The van der Waals surface area contributed by atoms with Crippen LogP contribution in [-0.4, -0.2) is 21.0 Å². The lowest BCUT2D eigenvalue weighted by molar-refractivity contribution is 0.0697. The minimum Gasteiger partial charge on any atom is -0.478 e. The van der Waals surface area contributed by atoms with E-state index in [0.717, 1.165) is 34.6 Å². The Bertz CT molecular complexity index is 888. The molecule has 2 N–H and O–H groups in total. The third-order valence-corrected chi connectivity index (χ3v) is 5.07. The summed E-state index contributed by atoms with van der Waals surface area (Å²) in [4.78, 5) is 22.2. The van der Waals surface area contributed by atoms with Gasteiger partial charge in [0.25, 0.3) is 0 Å². The average Bonchev–Trinajstić information content (AvgIpc) is 3.08. The van der Waals surface area contributed by atoms with Crippen LogP contribution in [0.25, 0.3) is 10.2 Å². The van der Waals surface area contributed by atoms with Crippen molar-refractivity contribution in [3.05, 3.63) is 46.6 Å². The Kier molecular flexibility index (Phi) is 3.04. The molecule has 22 heavy (non-hydrogen) atoms. The molecule has 0 unspecified atom stereocenters. The molecule has 3 aromatic rings. The first kappa shape index (κ1) is 13.2. The number of benzene rings is 1. The zero-order valence-electron chi connectivity index (χ0n) is 11.7. The van der Waals surface area contributed by atoms with Crippen molar-refractivity contribution in [1.82, 2.24) is 9.97 Å². The number of nitrogens with zero attached hydrogens (tertiary/aromatic N) is 2. The lowest BCUT2D eigenvalue weighted by Crippen LogP contribution is -1.99. The number of carboxylic acid groups (broad SMARTS) is 1. The van der Waals surface area contributed by atoms with Gasteiger partial charge in [0.1, 0.15) is 17.0 Å². The summed E-state index contributed by atoms with van der Waals surface area (Å²) in [6.07, 6.45) is 4.91. The van der Waals surface area contributed by atoms with Crippen molar-refractivity contribution in [3.63, 3.8) is 0 Å². The van der Waals surface area contributed by atoms with Crippen molar-refractivity contribution < 1.29 is 9.90 Å². The van der Waals surface area contributed by atoms with Gasteiger partial charge in [-0.15, -0.1) is 11.3 Å². The molecule has 0 saturated heterocycles. The topological polar surface area (TPSA) is 75.1 Å². The second kappa shape index (κ2) is 5.06. The first-order chi connectivity index (χ1) is 10.7. The van der Waals surface area contributed by atoms with Crippen LogP contribution in [0.1, 0.15) is 27.2 Å². The molecule has 110 valence electrons. The number of hydrogen-bond acceptors (Lipinski definition) is 5. The number of carbonyl (C=O) groups is 1. The summed E-state index contributed by atoms with van der Waals surface area (Å²) < 4.78 is 0. The Balaban J connectivity index is 1.79. The van der Waals surface area contributed by atoms with E-state index >= 15 is 0 Å². The van der Waals surface area contributed by atoms with E-state index in [-0.39, 0.29) is 5.56 Å². The highest BCUT2D eigenvalue weighted by molar-refractivity contribution is 7.19. The fraction of sp³-hybridized carbons (Fsp3) is 0.188.